The lowest BCUT2D eigenvalue weighted by molar-refractivity contribution is 0.552. The molecule has 1 aromatic carbocycles. The number of hydrogen-bond donors (Lipinski definition) is 1. The van der Waals surface area contributed by atoms with Gasteiger partial charge in [-0.1, -0.05) is 26.0 Å². The summed E-state index contributed by atoms with van der Waals surface area (Å²) in [5.74, 6) is 0.714. The number of rotatable bonds is 5. The quantitative estimate of drug-likeness (QED) is 0.868. The van der Waals surface area contributed by atoms with Crippen molar-refractivity contribution in [2.75, 3.05) is 18.0 Å². The average Bonchev–Trinajstić information content (AvgIpc) is 2.75. The molecule has 0 aliphatic carbocycles. The minimum atomic E-state index is 0.698. The lowest BCUT2D eigenvalue weighted by Crippen LogP contribution is -2.27. The molecule has 1 fully saturated rings. The van der Waals surface area contributed by atoms with Crippen LogP contribution in [0.3, 0.4) is 0 Å². The second-order valence-electron chi connectivity index (χ2n) is 6.33. The van der Waals surface area contributed by atoms with Crippen LogP contribution in [0, 0.1) is 12.8 Å². The number of hydrogen-bond acceptors (Lipinski definition) is 2. The van der Waals surface area contributed by atoms with Crippen LogP contribution in [0.1, 0.15) is 44.7 Å². The zero-order valence-electron chi connectivity index (χ0n) is 12.9. The summed E-state index contributed by atoms with van der Waals surface area (Å²) < 4.78 is 0. The maximum Gasteiger partial charge on any atom is 0.0398 e. The molecule has 0 aromatic heterocycles. The molecule has 0 saturated carbocycles. The van der Waals surface area contributed by atoms with E-state index in [1.807, 2.05) is 0 Å². The first-order valence-electron chi connectivity index (χ1n) is 7.65. The van der Waals surface area contributed by atoms with Gasteiger partial charge >= 0.3 is 0 Å². The minimum Gasteiger partial charge on any atom is -0.369 e. The van der Waals surface area contributed by atoms with Crippen LogP contribution in [0.5, 0.6) is 0 Å². The lowest BCUT2D eigenvalue weighted by atomic mass is 10.1. The monoisotopic (exact) mass is 260 g/mol. The van der Waals surface area contributed by atoms with Gasteiger partial charge in [-0.3, -0.25) is 0 Å². The van der Waals surface area contributed by atoms with Crippen LogP contribution in [-0.4, -0.2) is 19.1 Å². The van der Waals surface area contributed by atoms with Gasteiger partial charge in [0.1, 0.15) is 0 Å². The summed E-state index contributed by atoms with van der Waals surface area (Å²) in [6.45, 7) is 12.4. The number of nitrogens with zero attached hydrogens (tertiary/aromatic N) is 1. The van der Waals surface area contributed by atoms with Gasteiger partial charge in [0, 0.05) is 24.8 Å². The molecule has 2 rings (SSSR count). The summed E-state index contributed by atoms with van der Waals surface area (Å²) in [5.41, 5.74) is 4.24. The van der Waals surface area contributed by atoms with Crippen molar-refractivity contribution in [1.82, 2.24) is 5.32 Å². The van der Waals surface area contributed by atoms with Crippen molar-refractivity contribution in [1.29, 1.82) is 0 Å². The van der Waals surface area contributed by atoms with Crippen LogP contribution < -0.4 is 10.2 Å². The van der Waals surface area contributed by atoms with Crippen LogP contribution in [0.25, 0.3) is 0 Å². The Morgan fingerprint density at radius 3 is 2.74 bits per heavy atom. The van der Waals surface area contributed by atoms with E-state index >= 15 is 0 Å². The van der Waals surface area contributed by atoms with Gasteiger partial charge in [-0.2, -0.15) is 0 Å². The van der Waals surface area contributed by atoms with Crippen molar-refractivity contribution >= 4 is 5.69 Å². The van der Waals surface area contributed by atoms with Gasteiger partial charge in [-0.25, -0.2) is 0 Å². The van der Waals surface area contributed by atoms with E-state index in [2.05, 4.69) is 56.1 Å². The highest BCUT2D eigenvalue weighted by atomic mass is 15.2. The van der Waals surface area contributed by atoms with Gasteiger partial charge in [0.25, 0.3) is 0 Å². The molecule has 1 heterocycles. The van der Waals surface area contributed by atoms with Crippen molar-refractivity contribution < 1.29 is 0 Å². The third-order valence-corrected chi connectivity index (χ3v) is 4.01. The zero-order valence-corrected chi connectivity index (χ0v) is 12.9. The predicted octanol–water partition coefficient (Wildman–Crippen LogP) is 3.73. The molecule has 0 amide bonds. The van der Waals surface area contributed by atoms with Crippen LogP contribution in [-0.2, 0) is 6.54 Å². The van der Waals surface area contributed by atoms with E-state index in [-0.39, 0.29) is 0 Å². The first kappa shape index (κ1) is 14.4. The summed E-state index contributed by atoms with van der Waals surface area (Å²) in [6.07, 6.45) is 2.66. The molecule has 1 atom stereocenters. The smallest absolute Gasteiger partial charge is 0.0398 e. The molecule has 0 radical (unpaired) electrons. The topological polar surface area (TPSA) is 15.3 Å². The molecule has 0 spiro atoms. The molecule has 0 bridgehead atoms. The summed E-state index contributed by atoms with van der Waals surface area (Å²) in [5, 5.41) is 3.51. The third-order valence-electron chi connectivity index (χ3n) is 4.01. The Hall–Kier alpha value is -1.02. The number of benzene rings is 1. The fourth-order valence-corrected chi connectivity index (χ4v) is 2.95. The molecule has 1 unspecified atom stereocenters. The van der Waals surface area contributed by atoms with E-state index in [9.17, 15) is 0 Å². The van der Waals surface area contributed by atoms with Gasteiger partial charge in [0.15, 0.2) is 0 Å². The molecular formula is C17H28N2. The zero-order chi connectivity index (χ0) is 13.8. The van der Waals surface area contributed by atoms with E-state index < -0.39 is 0 Å². The molecule has 19 heavy (non-hydrogen) atoms. The second kappa shape index (κ2) is 6.42. The first-order valence-corrected chi connectivity index (χ1v) is 7.65. The molecule has 1 aromatic rings. The highest BCUT2D eigenvalue weighted by Crippen LogP contribution is 2.28. The molecule has 2 nitrogen and oxygen atoms in total. The number of anilines is 1. The largest absolute Gasteiger partial charge is 0.369 e. The average molecular weight is 260 g/mol. The second-order valence-corrected chi connectivity index (χ2v) is 6.33. The van der Waals surface area contributed by atoms with Gasteiger partial charge in [-0.15, -0.1) is 0 Å². The Balaban J connectivity index is 2.00. The highest BCUT2D eigenvalue weighted by Gasteiger charge is 2.21. The molecule has 1 saturated heterocycles. The predicted molar refractivity (Wildman–Crippen MR) is 83.8 cm³/mol. The van der Waals surface area contributed by atoms with Crippen molar-refractivity contribution in [3.8, 4) is 0 Å². The highest BCUT2D eigenvalue weighted by molar-refractivity contribution is 5.55. The molecule has 1 N–H and O–H groups in total. The Labute approximate surface area is 118 Å². The summed E-state index contributed by atoms with van der Waals surface area (Å²) >= 11 is 0. The Bertz CT molecular complexity index is 412. The van der Waals surface area contributed by atoms with Crippen molar-refractivity contribution in [3.05, 3.63) is 29.3 Å². The van der Waals surface area contributed by atoms with E-state index in [0.29, 0.717) is 12.0 Å². The van der Waals surface area contributed by atoms with Gasteiger partial charge in [-0.05, 0) is 56.3 Å². The SMILES string of the molecule is Cc1cc(CNCC(C)C)ccc1N1CCCC1C. The number of aryl methyl sites for hydroxylation is 1. The fraction of sp³-hybridized carbons (Fsp3) is 0.647. The summed E-state index contributed by atoms with van der Waals surface area (Å²) in [6, 6.07) is 7.63. The van der Waals surface area contributed by atoms with Crippen LogP contribution in [0.4, 0.5) is 5.69 Å². The first-order chi connectivity index (χ1) is 9.08. The third kappa shape index (κ3) is 3.73. The summed E-state index contributed by atoms with van der Waals surface area (Å²) in [7, 11) is 0. The Morgan fingerprint density at radius 2 is 2.16 bits per heavy atom. The maximum atomic E-state index is 3.51. The molecule has 106 valence electrons. The van der Waals surface area contributed by atoms with E-state index in [1.54, 1.807) is 0 Å². The Morgan fingerprint density at radius 1 is 1.37 bits per heavy atom. The molecule has 2 heteroatoms. The van der Waals surface area contributed by atoms with Gasteiger partial charge in [0.2, 0.25) is 0 Å². The standard InChI is InChI=1S/C17H28N2/c1-13(2)11-18-12-16-7-8-17(14(3)10-16)19-9-5-6-15(19)4/h7-8,10,13,15,18H,5-6,9,11-12H2,1-4H3. The van der Waals surface area contributed by atoms with E-state index in [1.165, 1.54) is 36.2 Å². The van der Waals surface area contributed by atoms with Crippen molar-refractivity contribution in [2.24, 2.45) is 5.92 Å². The van der Waals surface area contributed by atoms with Gasteiger partial charge in [0.05, 0.1) is 0 Å². The maximum absolute atomic E-state index is 3.51. The number of nitrogens with one attached hydrogen (secondary N) is 1. The summed E-state index contributed by atoms with van der Waals surface area (Å²) in [4.78, 5) is 2.56. The fourth-order valence-electron chi connectivity index (χ4n) is 2.95. The van der Waals surface area contributed by atoms with E-state index in [4.69, 9.17) is 0 Å². The Kier molecular flexibility index (Phi) is 4.87. The normalized spacial score (nSPS) is 19.4. The lowest BCUT2D eigenvalue weighted by Gasteiger charge is -2.26. The van der Waals surface area contributed by atoms with Crippen molar-refractivity contribution in [2.45, 2.75) is 53.1 Å². The molecule has 1 aliphatic rings. The van der Waals surface area contributed by atoms with E-state index in [0.717, 1.165) is 13.1 Å². The van der Waals surface area contributed by atoms with Gasteiger partial charge < -0.3 is 10.2 Å². The molecular weight excluding hydrogens is 232 g/mol. The molecule has 1 aliphatic heterocycles. The van der Waals surface area contributed by atoms with Crippen LogP contribution >= 0.6 is 0 Å². The van der Waals surface area contributed by atoms with Crippen molar-refractivity contribution in [3.63, 3.8) is 0 Å². The minimum absolute atomic E-state index is 0.698. The van der Waals surface area contributed by atoms with Crippen LogP contribution in [0.15, 0.2) is 18.2 Å². The van der Waals surface area contributed by atoms with Crippen LogP contribution in [0.2, 0.25) is 0 Å².